The third-order valence-corrected chi connectivity index (χ3v) is 3.47. The van der Waals surface area contributed by atoms with E-state index in [1.807, 2.05) is 19.1 Å². The summed E-state index contributed by atoms with van der Waals surface area (Å²) < 4.78 is 5.72. The minimum absolute atomic E-state index is 0.557. The van der Waals surface area contributed by atoms with Crippen LogP contribution in [-0.4, -0.2) is 17.7 Å². The van der Waals surface area contributed by atoms with Gasteiger partial charge in [-0.05, 0) is 31.7 Å². The fourth-order valence-corrected chi connectivity index (χ4v) is 2.04. The van der Waals surface area contributed by atoms with E-state index < -0.39 is 12.0 Å². The molecule has 4 heteroatoms. The third-order valence-electron chi connectivity index (χ3n) is 3.47. The second kappa shape index (κ2) is 5.40. The fourth-order valence-electron chi connectivity index (χ4n) is 2.04. The fraction of sp³-hybridized carbons (Fsp3) is 0.500. The largest absolute Gasteiger partial charge is 0.493 e. The number of hydrogen-bond acceptors (Lipinski definition) is 3. The van der Waals surface area contributed by atoms with E-state index in [2.05, 4.69) is 0 Å². The molecule has 0 radical (unpaired) electrons. The van der Waals surface area contributed by atoms with Crippen LogP contribution in [0.4, 0.5) is 0 Å². The van der Waals surface area contributed by atoms with Gasteiger partial charge in [0.15, 0.2) is 0 Å². The molecule has 0 saturated heterocycles. The van der Waals surface area contributed by atoms with E-state index in [1.54, 1.807) is 6.07 Å². The van der Waals surface area contributed by atoms with Crippen LogP contribution >= 0.6 is 0 Å². The molecule has 0 aliphatic heterocycles. The van der Waals surface area contributed by atoms with Crippen LogP contribution in [0.15, 0.2) is 18.2 Å². The van der Waals surface area contributed by atoms with E-state index in [9.17, 15) is 4.79 Å². The monoisotopic (exact) mass is 249 g/mol. The summed E-state index contributed by atoms with van der Waals surface area (Å²) in [6, 6.07) is 4.48. The van der Waals surface area contributed by atoms with Gasteiger partial charge in [0, 0.05) is 5.56 Å². The molecule has 98 valence electrons. The second-order valence-electron chi connectivity index (χ2n) is 4.97. The molecule has 1 unspecified atom stereocenters. The third kappa shape index (κ3) is 2.82. The minimum Gasteiger partial charge on any atom is -0.493 e. The highest BCUT2D eigenvalue weighted by molar-refractivity contribution is 5.76. The number of carboxylic acid groups (broad SMARTS) is 1. The van der Waals surface area contributed by atoms with E-state index in [4.69, 9.17) is 15.6 Å². The van der Waals surface area contributed by atoms with Crippen molar-refractivity contribution in [3.8, 4) is 5.75 Å². The molecule has 0 spiro atoms. The van der Waals surface area contributed by atoms with Gasteiger partial charge in [-0.3, -0.25) is 4.79 Å². The number of ether oxygens (including phenoxy) is 1. The molecule has 0 bridgehead atoms. The predicted molar refractivity (Wildman–Crippen MR) is 68.6 cm³/mol. The van der Waals surface area contributed by atoms with Crippen molar-refractivity contribution < 1.29 is 14.6 Å². The summed E-state index contributed by atoms with van der Waals surface area (Å²) in [5, 5.41) is 9.00. The molecule has 1 aromatic carbocycles. The maximum Gasteiger partial charge on any atom is 0.325 e. The highest BCUT2D eigenvalue weighted by atomic mass is 16.5. The van der Waals surface area contributed by atoms with Crippen LogP contribution in [0.2, 0.25) is 0 Å². The summed E-state index contributed by atoms with van der Waals surface area (Å²) in [4.78, 5) is 11.0. The maximum absolute atomic E-state index is 11.0. The van der Waals surface area contributed by atoms with Crippen molar-refractivity contribution in [3.63, 3.8) is 0 Å². The molecule has 1 aromatic rings. The topological polar surface area (TPSA) is 72.5 Å². The summed E-state index contributed by atoms with van der Waals surface area (Å²) >= 11 is 0. The summed E-state index contributed by atoms with van der Waals surface area (Å²) in [5.41, 5.74) is 7.22. The second-order valence-corrected chi connectivity index (χ2v) is 4.97. The van der Waals surface area contributed by atoms with E-state index in [1.165, 1.54) is 19.3 Å². The Balaban J connectivity index is 2.13. The summed E-state index contributed by atoms with van der Waals surface area (Å²) in [6.07, 6.45) is 3.67. The van der Waals surface area contributed by atoms with Crippen LogP contribution in [-0.2, 0) is 4.79 Å². The predicted octanol–water partition coefficient (Wildman–Crippen LogP) is 2.26. The average Bonchev–Trinajstić information content (AvgIpc) is 2.27. The number of carboxylic acids is 1. The maximum atomic E-state index is 11.0. The van der Waals surface area contributed by atoms with Crippen LogP contribution in [0.25, 0.3) is 0 Å². The van der Waals surface area contributed by atoms with Crippen molar-refractivity contribution in [3.05, 3.63) is 29.3 Å². The zero-order valence-electron chi connectivity index (χ0n) is 10.6. The summed E-state index contributed by atoms with van der Waals surface area (Å²) in [7, 11) is 0. The van der Waals surface area contributed by atoms with Crippen molar-refractivity contribution in [2.75, 3.05) is 6.61 Å². The van der Waals surface area contributed by atoms with Crippen LogP contribution in [0.3, 0.4) is 0 Å². The summed E-state index contributed by atoms with van der Waals surface area (Å²) in [6.45, 7) is 2.57. The molecule has 18 heavy (non-hydrogen) atoms. The van der Waals surface area contributed by atoms with Gasteiger partial charge >= 0.3 is 5.97 Å². The molecule has 1 aliphatic rings. The molecule has 3 N–H and O–H groups in total. The van der Waals surface area contributed by atoms with Crippen LogP contribution < -0.4 is 10.5 Å². The lowest BCUT2D eigenvalue weighted by atomic mass is 9.86. The van der Waals surface area contributed by atoms with E-state index in [0.29, 0.717) is 23.8 Å². The molecule has 1 aliphatic carbocycles. The first-order valence-electron chi connectivity index (χ1n) is 6.29. The number of carbonyl (C=O) groups is 1. The first kappa shape index (κ1) is 12.9. The van der Waals surface area contributed by atoms with Gasteiger partial charge in [0.1, 0.15) is 11.8 Å². The Hall–Kier alpha value is -1.55. The van der Waals surface area contributed by atoms with Gasteiger partial charge in [-0.2, -0.15) is 0 Å². The number of aliphatic carboxylic acids is 1. The van der Waals surface area contributed by atoms with Gasteiger partial charge in [-0.1, -0.05) is 24.1 Å². The Labute approximate surface area is 107 Å². The van der Waals surface area contributed by atoms with Crippen molar-refractivity contribution in [1.29, 1.82) is 0 Å². The molecule has 0 heterocycles. The quantitative estimate of drug-likeness (QED) is 0.839. The number of nitrogens with two attached hydrogens (primary N) is 1. The van der Waals surface area contributed by atoms with Crippen LogP contribution in [0.5, 0.6) is 5.75 Å². The highest BCUT2D eigenvalue weighted by Gasteiger charge is 2.22. The van der Waals surface area contributed by atoms with Gasteiger partial charge in [0.25, 0.3) is 0 Å². The van der Waals surface area contributed by atoms with Gasteiger partial charge in [-0.25, -0.2) is 0 Å². The normalized spacial score (nSPS) is 17.0. The first-order chi connectivity index (χ1) is 8.58. The lowest BCUT2D eigenvalue weighted by Crippen LogP contribution is -2.23. The SMILES string of the molecule is Cc1ccc(OCC2CCC2)c(C(N)C(=O)O)c1. The molecular formula is C14H19NO3. The van der Waals surface area contributed by atoms with Gasteiger partial charge in [0.05, 0.1) is 6.61 Å². The molecular weight excluding hydrogens is 230 g/mol. The molecule has 1 saturated carbocycles. The lowest BCUT2D eigenvalue weighted by Gasteiger charge is -2.26. The Morgan fingerprint density at radius 3 is 2.83 bits per heavy atom. The molecule has 0 aromatic heterocycles. The number of rotatable bonds is 5. The Kier molecular flexibility index (Phi) is 3.87. The Morgan fingerprint density at radius 2 is 2.28 bits per heavy atom. The Bertz CT molecular complexity index is 441. The van der Waals surface area contributed by atoms with Crippen molar-refractivity contribution in [2.24, 2.45) is 11.7 Å². The average molecular weight is 249 g/mol. The Morgan fingerprint density at radius 1 is 1.56 bits per heavy atom. The minimum atomic E-state index is -1.03. The van der Waals surface area contributed by atoms with Gasteiger partial charge < -0.3 is 15.6 Å². The first-order valence-corrected chi connectivity index (χ1v) is 6.29. The number of aryl methyl sites for hydroxylation is 1. The smallest absolute Gasteiger partial charge is 0.325 e. The van der Waals surface area contributed by atoms with Crippen LogP contribution in [0, 0.1) is 12.8 Å². The standard InChI is InChI=1S/C14H19NO3/c1-9-5-6-12(18-8-10-3-2-4-10)11(7-9)13(15)14(16)17/h5-7,10,13H,2-4,8,15H2,1H3,(H,16,17). The van der Waals surface area contributed by atoms with E-state index in [-0.39, 0.29) is 0 Å². The molecule has 1 atom stereocenters. The van der Waals surface area contributed by atoms with Gasteiger partial charge in [-0.15, -0.1) is 0 Å². The van der Waals surface area contributed by atoms with Gasteiger partial charge in [0.2, 0.25) is 0 Å². The zero-order chi connectivity index (χ0) is 13.1. The number of benzene rings is 1. The highest BCUT2D eigenvalue weighted by Crippen LogP contribution is 2.30. The van der Waals surface area contributed by atoms with Crippen LogP contribution in [0.1, 0.15) is 36.4 Å². The molecule has 0 amide bonds. The zero-order valence-corrected chi connectivity index (χ0v) is 10.6. The molecule has 2 rings (SSSR count). The van der Waals surface area contributed by atoms with Crippen molar-refractivity contribution in [1.82, 2.24) is 0 Å². The van der Waals surface area contributed by atoms with E-state index >= 15 is 0 Å². The number of hydrogen-bond donors (Lipinski definition) is 2. The van der Waals surface area contributed by atoms with Crippen molar-refractivity contribution >= 4 is 5.97 Å². The van der Waals surface area contributed by atoms with Crippen molar-refractivity contribution in [2.45, 2.75) is 32.2 Å². The molecule has 4 nitrogen and oxygen atoms in total. The molecule has 1 fully saturated rings. The van der Waals surface area contributed by atoms with E-state index in [0.717, 1.165) is 5.56 Å². The lowest BCUT2D eigenvalue weighted by molar-refractivity contribution is -0.138. The summed E-state index contributed by atoms with van der Waals surface area (Å²) in [5.74, 6) is 0.177.